The Hall–Kier alpha value is -3.20. The number of carbonyl (C=O) groups is 3. The topological polar surface area (TPSA) is 95.9 Å². The molecule has 0 atom stereocenters. The summed E-state index contributed by atoms with van der Waals surface area (Å²) in [7, 11) is 0.228. The summed E-state index contributed by atoms with van der Waals surface area (Å²) in [4.78, 5) is 35.3. The quantitative estimate of drug-likeness (QED) is 0.177. The molecule has 3 rings (SSSR count). The number of ether oxygens (including phenoxy) is 1. The monoisotopic (exact) mass is 536 g/mol. The van der Waals surface area contributed by atoms with Gasteiger partial charge in [-0.15, -0.1) is 0 Å². The van der Waals surface area contributed by atoms with Gasteiger partial charge in [0.15, 0.2) is 8.38 Å². The SMILES string of the molecule is CCOC=O.CCOP(CC(=O)Nc1c(C(=O)c2ccccc2)n(C)c2ccc(C(F)F)cc12)OCC. The first-order valence-corrected chi connectivity index (χ1v) is 13.0. The third kappa shape index (κ3) is 8.15. The normalized spacial score (nSPS) is 10.8. The Balaban J connectivity index is 0.000000877. The van der Waals surface area contributed by atoms with Crippen LogP contribution in [-0.2, 0) is 30.4 Å². The number of anilines is 1. The van der Waals surface area contributed by atoms with Crippen LogP contribution in [0.2, 0.25) is 0 Å². The second-order valence-corrected chi connectivity index (χ2v) is 8.98. The van der Waals surface area contributed by atoms with Gasteiger partial charge in [0.05, 0.1) is 37.2 Å². The minimum atomic E-state index is -2.68. The van der Waals surface area contributed by atoms with E-state index < -0.39 is 20.7 Å². The molecule has 0 saturated heterocycles. The van der Waals surface area contributed by atoms with Crippen molar-refractivity contribution in [2.45, 2.75) is 27.2 Å². The number of alkyl halides is 2. The fourth-order valence-corrected chi connectivity index (χ4v) is 4.64. The predicted molar refractivity (Wildman–Crippen MR) is 139 cm³/mol. The van der Waals surface area contributed by atoms with Crippen LogP contribution in [0.3, 0.4) is 0 Å². The second kappa shape index (κ2) is 15.1. The average molecular weight is 537 g/mol. The van der Waals surface area contributed by atoms with Crippen molar-refractivity contribution < 1.29 is 36.9 Å². The maximum Gasteiger partial charge on any atom is 0.293 e. The molecule has 200 valence electrons. The third-order valence-electron chi connectivity index (χ3n) is 5.04. The molecular weight excluding hydrogens is 505 g/mol. The highest BCUT2D eigenvalue weighted by Gasteiger charge is 2.26. The molecule has 0 radical (unpaired) electrons. The van der Waals surface area contributed by atoms with Crippen LogP contribution >= 0.6 is 8.38 Å². The van der Waals surface area contributed by atoms with Gasteiger partial charge >= 0.3 is 0 Å². The predicted octanol–water partition coefficient (Wildman–Crippen LogP) is 5.85. The Morgan fingerprint density at radius 2 is 1.68 bits per heavy atom. The minimum Gasteiger partial charge on any atom is -0.468 e. The molecule has 0 fully saturated rings. The highest BCUT2D eigenvalue weighted by Crippen LogP contribution is 2.39. The van der Waals surface area contributed by atoms with Crippen molar-refractivity contribution >= 4 is 43.1 Å². The number of nitrogens with one attached hydrogen (secondary N) is 1. The molecule has 37 heavy (non-hydrogen) atoms. The van der Waals surface area contributed by atoms with Gasteiger partial charge in [-0.25, -0.2) is 8.78 Å². The molecule has 1 amide bonds. The van der Waals surface area contributed by atoms with Crippen molar-refractivity contribution in [2.75, 3.05) is 31.3 Å². The molecule has 0 aliphatic rings. The molecule has 1 aromatic heterocycles. The molecule has 0 saturated carbocycles. The maximum absolute atomic E-state index is 13.4. The Labute approximate surface area is 215 Å². The van der Waals surface area contributed by atoms with E-state index in [2.05, 4.69) is 10.1 Å². The standard InChI is InChI=1S/C23H25F2N2O4P.C3H6O2/c1-4-30-32(31-5-2)14-19(28)26-20-17-13-16(23(24)25)11-12-18(17)27(3)21(20)22(29)15-9-7-6-8-10-15;1-2-5-3-4/h6-13,23H,4-5,14H2,1-3H3,(H,26,28);3H,2H2,1H3. The number of benzene rings is 2. The summed E-state index contributed by atoms with van der Waals surface area (Å²) in [5.74, 6) is -0.745. The molecule has 1 N–H and O–H groups in total. The number of ketones is 1. The van der Waals surface area contributed by atoms with Crippen LogP contribution in [0.5, 0.6) is 0 Å². The summed E-state index contributed by atoms with van der Waals surface area (Å²) in [6.45, 7) is 7.06. The Morgan fingerprint density at radius 1 is 1.03 bits per heavy atom. The number of nitrogens with zero attached hydrogens (tertiary/aromatic N) is 1. The summed E-state index contributed by atoms with van der Waals surface area (Å²) < 4.78 is 43.5. The number of hydrogen-bond acceptors (Lipinski definition) is 6. The Kier molecular flexibility index (Phi) is 12.3. The zero-order valence-electron chi connectivity index (χ0n) is 21.2. The molecule has 3 aromatic rings. The second-order valence-electron chi connectivity index (χ2n) is 7.48. The minimum absolute atomic E-state index is 0.0408. The lowest BCUT2D eigenvalue weighted by molar-refractivity contribution is -0.128. The molecule has 11 heteroatoms. The van der Waals surface area contributed by atoms with Gasteiger partial charge in [0.2, 0.25) is 11.7 Å². The fraction of sp³-hybridized carbons (Fsp3) is 0.346. The fourth-order valence-electron chi connectivity index (χ4n) is 3.50. The van der Waals surface area contributed by atoms with Crippen molar-refractivity contribution in [3.63, 3.8) is 0 Å². The van der Waals surface area contributed by atoms with E-state index in [4.69, 9.17) is 9.05 Å². The number of rotatable bonds is 12. The van der Waals surface area contributed by atoms with Crippen molar-refractivity contribution in [1.82, 2.24) is 4.57 Å². The van der Waals surface area contributed by atoms with E-state index in [0.717, 1.165) is 0 Å². The molecule has 0 aliphatic heterocycles. The van der Waals surface area contributed by atoms with E-state index in [9.17, 15) is 23.2 Å². The van der Waals surface area contributed by atoms with Crippen LogP contribution in [-0.4, -0.2) is 48.7 Å². The summed E-state index contributed by atoms with van der Waals surface area (Å²) in [6.07, 6.45) is -2.72. The summed E-state index contributed by atoms with van der Waals surface area (Å²) >= 11 is 0. The van der Waals surface area contributed by atoms with Crippen LogP contribution in [0.4, 0.5) is 14.5 Å². The first-order chi connectivity index (χ1) is 17.8. The lowest BCUT2D eigenvalue weighted by atomic mass is 10.1. The molecular formula is C26H31F2N2O6P. The zero-order valence-corrected chi connectivity index (χ0v) is 22.1. The number of halogens is 2. The van der Waals surface area contributed by atoms with Gasteiger partial charge < -0.3 is 23.7 Å². The summed E-state index contributed by atoms with van der Waals surface area (Å²) in [5, 5.41) is 3.14. The van der Waals surface area contributed by atoms with Crippen molar-refractivity contribution in [2.24, 2.45) is 7.05 Å². The van der Waals surface area contributed by atoms with Crippen LogP contribution in [0.25, 0.3) is 10.9 Å². The molecule has 0 spiro atoms. The van der Waals surface area contributed by atoms with Gasteiger partial charge in [-0.2, -0.15) is 0 Å². The van der Waals surface area contributed by atoms with E-state index in [1.807, 2.05) is 0 Å². The van der Waals surface area contributed by atoms with E-state index in [0.29, 0.717) is 42.8 Å². The van der Waals surface area contributed by atoms with Gasteiger partial charge in [0.25, 0.3) is 12.9 Å². The van der Waals surface area contributed by atoms with Gasteiger partial charge in [0.1, 0.15) is 5.69 Å². The van der Waals surface area contributed by atoms with Crippen LogP contribution in [0.1, 0.15) is 48.8 Å². The van der Waals surface area contributed by atoms with Gasteiger partial charge in [-0.3, -0.25) is 14.4 Å². The summed E-state index contributed by atoms with van der Waals surface area (Å²) in [5.41, 5.74) is 1.20. The number of aromatic nitrogens is 1. The van der Waals surface area contributed by atoms with Crippen molar-refractivity contribution in [1.29, 1.82) is 0 Å². The highest BCUT2D eigenvalue weighted by molar-refractivity contribution is 7.48. The van der Waals surface area contributed by atoms with E-state index in [-0.39, 0.29) is 28.9 Å². The largest absolute Gasteiger partial charge is 0.468 e. The molecule has 1 heterocycles. The zero-order chi connectivity index (χ0) is 27.4. The number of fused-ring (bicyclic) bond motifs is 1. The van der Waals surface area contributed by atoms with Crippen LogP contribution in [0.15, 0.2) is 48.5 Å². The summed E-state index contributed by atoms with van der Waals surface area (Å²) in [6, 6.07) is 12.8. The molecule has 0 unspecified atom stereocenters. The van der Waals surface area contributed by atoms with Crippen LogP contribution < -0.4 is 5.32 Å². The van der Waals surface area contributed by atoms with Gasteiger partial charge in [-0.1, -0.05) is 36.4 Å². The third-order valence-corrected chi connectivity index (χ3v) is 6.68. The first-order valence-electron chi connectivity index (χ1n) is 11.7. The van der Waals surface area contributed by atoms with Crippen molar-refractivity contribution in [3.05, 3.63) is 65.4 Å². The van der Waals surface area contributed by atoms with E-state index >= 15 is 0 Å². The van der Waals surface area contributed by atoms with E-state index in [1.54, 1.807) is 62.7 Å². The highest BCUT2D eigenvalue weighted by atomic mass is 31.2. The molecule has 0 bridgehead atoms. The van der Waals surface area contributed by atoms with E-state index in [1.165, 1.54) is 18.2 Å². The molecule has 8 nitrogen and oxygen atoms in total. The number of hydrogen-bond donors (Lipinski definition) is 1. The lowest BCUT2D eigenvalue weighted by Gasteiger charge is -2.15. The molecule has 0 aliphatic carbocycles. The first kappa shape index (κ1) is 30.0. The number of aryl methyl sites for hydroxylation is 1. The Morgan fingerprint density at radius 3 is 2.19 bits per heavy atom. The van der Waals surface area contributed by atoms with Crippen LogP contribution in [0, 0.1) is 0 Å². The molecule has 2 aromatic carbocycles. The number of carbonyl (C=O) groups excluding carboxylic acids is 3. The van der Waals surface area contributed by atoms with Crippen molar-refractivity contribution in [3.8, 4) is 0 Å². The Bertz CT molecular complexity index is 1180. The average Bonchev–Trinajstić information content (AvgIpc) is 3.15. The number of amides is 1. The smallest absolute Gasteiger partial charge is 0.293 e. The maximum atomic E-state index is 13.4. The lowest BCUT2D eigenvalue weighted by Crippen LogP contribution is -2.19. The van der Waals surface area contributed by atoms with Gasteiger partial charge in [-0.05, 0) is 32.9 Å². The van der Waals surface area contributed by atoms with Gasteiger partial charge in [0, 0.05) is 23.6 Å².